The van der Waals surface area contributed by atoms with Crippen LogP contribution >= 0.6 is 23.1 Å². The highest BCUT2D eigenvalue weighted by Gasteiger charge is 2.21. The monoisotopic (exact) mass is 405 g/mol. The SMILES string of the molecule is COc1cccc(NC(=O)CSc2sc3c(O)cc(=O)[nH]c3c2C(N)=O)c1. The van der Waals surface area contributed by atoms with E-state index in [0.29, 0.717) is 20.3 Å². The van der Waals surface area contributed by atoms with Crippen LogP contribution in [0.15, 0.2) is 39.3 Å². The van der Waals surface area contributed by atoms with Crippen molar-refractivity contribution < 1.29 is 19.4 Å². The molecule has 27 heavy (non-hydrogen) atoms. The number of fused-ring (bicyclic) bond motifs is 1. The summed E-state index contributed by atoms with van der Waals surface area (Å²) in [5.74, 6) is -0.665. The van der Waals surface area contributed by atoms with Crippen LogP contribution in [0.3, 0.4) is 0 Å². The summed E-state index contributed by atoms with van der Waals surface area (Å²) in [6.07, 6.45) is 0. The number of hydrogen-bond acceptors (Lipinski definition) is 7. The van der Waals surface area contributed by atoms with Crippen molar-refractivity contribution in [3.05, 3.63) is 46.2 Å². The molecule has 0 radical (unpaired) electrons. The summed E-state index contributed by atoms with van der Waals surface area (Å²) in [6, 6.07) is 7.93. The number of primary amides is 1. The van der Waals surface area contributed by atoms with Crippen molar-refractivity contribution in [2.45, 2.75) is 4.21 Å². The average Bonchev–Trinajstić information content (AvgIpc) is 2.99. The van der Waals surface area contributed by atoms with E-state index in [2.05, 4.69) is 10.3 Å². The molecule has 0 fully saturated rings. The van der Waals surface area contributed by atoms with Crippen LogP contribution in [0.4, 0.5) is 5.69 Å². The smallest absolute Gasteiger partial charge is 0.252 e. The maximum Gasteiger partial charge on any atom is 0.252 e. The van der Waals surface area contributed by atoms with Gasteiger partial charge in [0.25, 0.3) is 11.5 Å². The van der Waals surface area contributed by atoms with Crippen LogP contribution in [0.5, 0.6) is 11.5 Å². The number of pyridine rings is 1. The summed E-state index contributed by atoms with van der Waals surface area (Å²) in [7, 11) is 1.53. The third kappa shape index (κ3) is 4.07. The highest BCUT2D eigenvalue weighted by molar-refractivity contribution is 8.02. The average molecular weight is 405 g/mol. The van der Waals surface area contributed by atoms with Crippen LogP contribution in [0.1, 0.15) is 10.4 Å². The molecule has 140 valence electrons. The third-order valence-corrected chi connectivity index (χ3v) is 6.04. The number of thiophene rings is 1. The first-order valence-electron chi connectivity index (χ1n) is 7.64. The number of rotatable bonds is 6. The summed E-state index contributed by atoms with van der Waals surface area (Å²) < 4.78 is 5.88. The fraction of sp³-hybridized carbons (Fsp3) is 0.118. The van der Waals surface area contributed by atoms with Gasteiger partial charge in [-0.3, -0.25) is 14.4 Å². The molecule has 0 saturated heterocycles. The van der Waals surface area contributed by atoms with Gasteiger partial charge in [0.15, 0.2) is 0 Å². The van der Waals surface area contributed by atoms with Gasteiger partial charge in [0.2, 0.25) is 5.91 Å². The van der Waals surface area contributed by atoms with Gasteiger partial charge >= 0.3 is 0 Å². The molecule has 0 atom stereocenters. The standard InChI is InChI=1S/C17H15N3O5S2/c1-25-9-4-2-3-8(5-9)19-12(23)7-26-17-13(16(18)24)14-15(27-17)10(21)6-11(22)20-14/h2-6H,7H2,1H3,(H2,18,24)(H,19,23)(H2,20,21,22). The van der Waals surface area contributed by atoms with Crippen LogP contribution in [0.25, 0.3) is 10.2 Å². The van der Waals surface area contributed by atoms with E-state index in [-0.39, 0.29) is 28.5 Å². The molecule has 0 aliphatic carbocycles. The number of H-pyrrole nitrogens is 1. The summed E-state index contributed by atoms with van der Waals surface area (Å²) in [5, 5.41) is 12.7. The van der Waals surface area contributed by atoms with Gasteiger partial charge in [0.1, 0.15) is 11.5 Å². The lowest BCUT2D eigenvalue weighted by Gasteiger charge is -2.06. The molecule has 0 saturated carbocycles. The zero-order valence-corrected chi connectivity index (χ0v) is 15.7. The van der Waals surface area contributed by atoms with Gasteiger partial charge in [-0.05, 0) is 12.1 Å². The van der Waals surface area contributed by atoms with Gasteiger partial charge in [-0.25, -0.2) is 0 Å². The molecule has 8 nitrogen and oxygen atoms in total. The lowest BCUT2D eigenvalue weighted by Crippen LogP contribution is -2.15. The second-order valence-corrected chi connectivity index (χ2v) is 7.69. The molecule has 0 bridgehead atoms. The molecule has 10 heteroatoms. The molecule has 1 aromatic carbocycles. The van der Waals surface area contributed by atoms with E-state index in [1.165, 1.54) is 7.11 Å². The van der Waals surface area contributed by atoms with E-state index in [0.717, 1.165) is 29.2 Å². The van der Waals surface area contributed by atoms with Gasteiger partial charge in [-0.1, -0.05) is 6.07 Å². The first-order valence-corrected chi connectivity index (χ1v) is 9.44. The second kappa shape index (κ2) is 7.72. The maximum absolute atomic E-state index is 12.2. The van der Waals surface area contributed by atoms with E-state index in [1.54, 1.807) is 24.3 Å². The maximum atomic E-state index is 12.2. The minimum Gasteiger partial charge on any atom is -0.506 e. The number of aromatic amines is 1. The van der Waals surface area contributed by atoms with Crippen LogP contribution in [0, 0.1) is 0 Å². The van der Waals surface area contributed by atoms with Gasteiger partial charge in [0, 0.05) is 17.8 Å². The number of ether oxygens (including phenoxy) is 1. The summed E-state index contributed by atoms with van der Waals surface area (Å²) >= 11 is 2.18. The summed E-state index contributed by atoms with van der Waals surface area (Å²) in [4.78, 5) is 38.1. The molecule has 0 aliphatic heterocycles. The molecular formula is C17H15N3O5S2. The number of carbonyl (C=O) groups excluding carboxylic acids is 2. The largest absolute Gasteiger partial charge is 0.506 e. The fourth-order valence-electron chi connectivity index (χ4n) is 2.41. The van der Waals surface area contributed by atoms with E-state index in [9.17, 15) is 19.5 Å². The second-order valence-electron chi connectivity index (χ2n) is 5.42. The highest BCUT2D eigenvalue weighted by atomic mass is 32.2. The first kappa shape index (κ1) is 18.8. The number of benzene rings is 1. The lowest BCUT2D eigenvalue weighted by atomic mass is 10.2. The Kier molecular flexibility index (Phi) is 5.38. The number of aromatic nitrogens is 1. The molecular weight excluding hydrogens is 390 g/mol. The molecule has 2 aromatic heterocycles. The van der Waals surface area contributed by atoms with Crippen molar-refractivity contribution in [3.8, 4) is 11.5 Å². The Bertz CT molecular complexity index is 1090. The zero-order valence-electron chi connectivity index (χ0n) is 14.1. The number of carbonyl (C=O) groups is 2. The number of amides is 2. The molecule has 0 unspecified atom stereocenters. The minimum atomic E-state index is -0.752. The summed E-state index contributed by atoms with van der Waals surface area (Å²) in [6.45, 7) is 0. The Labute approximate surface area is 161 Å². The van der Waals surface area contributed by atoms with Crippen LogP contribution in [0.2, 0.25) is 0 Å². The van der Waals surface area contributed by atoms with Crippen molar-refractivity contribution >= 4 is 50.8 Å². The fourth-order valence-corrected chi connectivity index (χ4v) is 4.67. The Balaban J connectivity index is 1.81. The predicted octanol–water partition coefficient (Wildman–Crippen LogP) is 2.13. The number of nitrogens with two attached hydrogens (primary N) is 1. The normalized spacial score (nSPS) is 10.7. The van der Waals surface area contributed by atoms with Crippen molar-refractivity contribution in [3.63, 3.8) is 0 Å². The van der Waals surface area contributed by atoms with Gasteiger partial charge in [-0.2, -0.15) is 0 Å². The number of thioether (sulfide) groups is 1. The minimum absolute atomic E-state index is 0.00923. The Morgan fingerprint density at radius 2 is 2.15 bits per heavy atom. The number of hydrogen-bond donors (Lipinski definition) is 4. The molecule has 3 rings (SSSR count). The van der Waals surface area contributed by atoms with E-state index >= 15 is 0 Å². The number of nitrogens with one attached hydrogen (secondary N) is 2. The Morgan fingerprint density at radius 1 is 1.37 bits per heavy atom. The Morgan fingerprint density at radius 3 is 2.85 bits per heavy atom. The van der Waals surface area contributed by atoms with E-state index in [1.807, 2.05) is 0 Å². The van der Waals surface area contributed by atoms with E-state index < -0.39 is 11.5 Å². The Hall–Kier alpha value is -2.98. The summed E-state index contributed by atoms with van der Waals surface area (Å²) in [5.41, 5.74) is 5.71. The van der Waals surface area contributed by atoms with Crippen molar-refractivity contribution in [1.82, 2.24) is 4.98 Å². The zero-order chi connectivity index (χ0) is 19.6. The lowest BCUT2D eigenvalue weighted by molar-refractivity contribution is -0.113. The predicted molar refractivity (Wildman–Crippen MR) is 105 cm³/mol. The first-order chi connectivity index (χ1) is 12.9. The van der Waals surface area contributed by atoms with Crippen LogP contribution in [-0.2, 0) is 4.79 Å². The van der Waals surface area contributed by atoms with Crippen molar-refractivity contribution in [2.24, 2.45) is 5.73 Å². The topological polar surface area (TPSA) is 135 Å². The molecule has 2 heterocycles. The van der Waals surface area contributed by atoms with Gasteiger partial charge < -0.3 is 25.9 Å². The number of anilines is 1. The van der Waals surface area contributed by atoms with Crippen LogP contribution in [-0.4, -0.2) is 34.8 Å². The number of aromatic hydroxyl groups is 1. The van der Waals surface area contributed by atoms with Crippen LogP contribution < -0.4 is 21.3 Å². The molecule has 5 N–H and O–H groups in total. The molecule has 2 amide bonds. The molecule has 0 spiro atoms. The van der Waals surface area contributed by atoms with Gasteiger partial charge in [0.05, 0.1) is 32.9 Å². The van der Waals surface area contributed by atoms with Crippen molar-refractivity contribution in [2.75, 3.05) is 18.2 Å². The number of methoxy groups -OCH3 is 1. The highest BCUT2D eigenvalue weighted by Crippen LogP contribution is 2.40. The third-order valence-electron chi connectivity index (χ3n) is 3.56. The van der Waals surface area contributed by atoms with Gasteiger partial charge in [-0.15, -0.1) is 23.1 Å². The molecule has 3 aromatic rings. The molecule has 0 aliphatic rings. The quantitative estimate of drug-likeness (QED) is 0.464. The van der Waals surface area contributed by atoms with Crippen molar-refractivity contribution in [1.29, 1.82) is 0 Å². The van der Waals surface area contributed by atoms with E-state index in [4.69, 9.17) is 10.5 Å².